The van der Waals surface area contributed by atoms with Gasteiger partial charge in [-0.2, -0.15) is 0 Å². The smallest absolute Gasteiger partial charge is 0.279 e. The van der Waals surface area contributed by atoms with E-state index >= 15 is 0 Å². The van der Waals surface area contributed by atoms with Gasteiger partial charge in [0.15, 0.2) is 0 Å². The zero-order chi connectivity index (χ0) is 12.2. The number of hydrogen-bond donors (Lipinski definition) is 0. The number of nitrogens with zero attached hydrogens (tertiary/aromatic N) is 1. The number of hydrogen-bond acceptors (Lipinski definition) is 2. The summed E-state index contributed by atoms with van der Waals surface area (Å²) in [5.41, 5.74) is -0.175. The molecule has 2 aliphatic rings. The first-order valence-corrected chi connectivity index (χ1v) is 6.09. The summed E-state index contributed by atoms with van der Waals surface area (Å²) in [7, 11) is 0. The third-order valence-electron chi connectivity index (χ3n) is 3.42. The van der Waals surface area contributed by atoms with Gasteiger partial charge < -0.3 is 4.74 Å². The minimum absolute atomic E-state index is 0.0149. The van der Waals surface area contributed by atoms with Gasteiger partial charge in [0, 0.05) is 12.2 Å². The molecule has 2 nitrogen and oxygen atoms in total. The van der Waals surface area contributed by atoms with Crippen LogP contribution < -0.4 is 0 Å². The highest BCUT2D eigenvalue weighted by molar-refractivity contribution is 6.32. The van der Waals surface area contributed by atoms with Crippen LogP contribution in [0.4, 0.5) is 8.78 Å². The molecule has 3 unspecified atom stereocenters. The van der Waals surface area contributed by atoms with Gasteiger partial charge in [0.05, 0.1) is 12.0 Å². The van der Waals surface area contributed by atoms with Crippen LogP contribution in [0.2, 0.25) is 10.3 Å². The van der Waals surface area contributed by atoms with Crippen molar-refractivity contribution in [3.05, 3.63) is 28.0 Å². The predicted octanol–water partition coefficient (Wildman–Crippen LogP) is 3.52. The molecule has 1 saturated heterocycles. The number of fused-ring (bicyclic) bond motifs is 1. The lowest BCUT2D eigenvalue weighted by Crippen LogP contribution is -2.21. The fourth-order valence-corrected chi connectivity index (χ4v) is 3.04. The van der Waals surface area contributed by atoms with Gasteiger partial charge in [0.25, 0.3) is 5.92 Å². The van der Waals surface area contributed by atoms with Crippen molar-refractivity contribution in [1.29, 1.82) is 0 Å². The Morgan fingerprint density at radius 1 is 1.29 bits per heavy atom. The number of rotatable bonds is 2. The summed E-state index contributed by atoms with van der Waals surface area (Å²) in [6.07, 6.45) is 0.396. The lowest BCUT2D eigenvalue weighted by atomic mass is 10.0. The molecule has 0 amide bonds. The van der Waals surface area contributed by atoms with E-state index in [-0.39, 0.29) is 27.9 Å². The van der Waals surface area contributed by atoms with Crippen molar-refractivity contribution >= 4 is 23.2 Å². The molecule has 2 heterocycles. The van der Waals surface area contributed by atoms with Crippen molar-refractivity contribution in [3.8, 4) is 0 Å². The molecule has 1 aromatic rings. The molecule has 1 aromatic heterocycles. The molecule has 1 aliphatic heterocycles. The van der Waals surface area contributed by atoms with Crippen molar-refractivity contribution in [2.75, 3.05) is 6.61 Å². The van der Waals surface area contributed by atoms with Gasteiger partial charge in [0.1, 0.15) is 10.3 Å². The standard InChI is InChI=1S/C11H9Cl2F2NO/c12-7-3-5(4-8(13)16-7)11(14,15)9-6-1-2-17-10(6)9/h3-4,6,9-10H,1-2H2. The highest BCUT2D eigenvalue weighted by Crippen LogP contribution is 2.60. The van der Waals surface area contributed by atoms with Crippen LogP contribution in [0.3, 0.4) is 0 Å². The summed E-state index contributed by atoms with van der Waals surface area (Å²) in [5, 5.41) is -0.0298. The van der Waals surface area contributed by atoms with Crippen molar-refractivity contribution in [2.45, 2.75) is 18.4 Å². The van der Waals surface area contributed by atoms with Crippen LogP contribution in [0.5, 0.6) is 0 Å². The van der Waals surface area contributed by atoms with Crippen molar-refractivity contribution in [3.63, 3.8) is 0 Å². The molecule has 0 spiro atoms. The lowest BCUT2D eigenvalue weighted by Gasteiger charge is -2.18. The third kappa shape index (κ3) is 1.83. The maximum absolute atomic E-state index is 14.2. The Balaban J connectivity index is 1.91. The highest BCUT2D eigenvalue weighted by atomic mass is 35.5. The summed E-state index contributed by atoms with van der Waals surface area (Å²) < 4.78 is 33.6. The molecule has 3 rings (SSSR count). The molecule has 1 aliphatic carbocycles. The minimum Gasteiger partial charge on any atom is -0.377 e. The van der Waals surface area contributed by atoms with E-state index in [0.29, 0.717) is 13.0 Å². The summed E-state index contributed by atoms with van der Waals surface area (Å²) in [4.78, 5) is 3.67. The van der Waals surface area contributed by atoms with E-state index in [1.807, 2.05) is 0 Å². The molecule has 17 heavy (non-hydrogen) atoms. The Morgan fingerprint density at radius 3 is 2.47 bits per heavy atom. The van der Waals surface area contributed by atoms with E-state index in [4.69, 9.17) is 27.9 Å². The van der Waals surface area contributed by atoms with Crippen LogP contribution in [0, 0.1) is 11.8 Å². The number of halogens is 4. The van der Waals surface area contributed by atoms with Gasteiger partial charge in [-0.05, 0) is 24.5 Å². The Hall–Kier alpha value is -0.450. The maximum atomic E-state index is 14.2. The summed E-state index contributed by atoms with van der Waals surface area (Å²) >= 11 is 11.3. The number of alkyl halides is 2. The van der Waals surface area contributed by atoms with Crippen LogP contribution in [-0.4, -0.2) is 17.7 Å². The third-order valence-corrected chi connectivity index (χ3v) is 3.81. The topological polar surface area (TPSA) is 22.1 Å². The van der Waals surface area contributed by atoms with Crippen LogP contribution in [-0.2, 0) is 10.7 Å². The fraction of sp³-hybridized carbons (Fsp3) is 0.545. The average molecular weight is 280 g/mol. The highest BCUT2D eigenvalue weighted by Gasteiger charge is 2.66. The SMILES string of the molecule is FC(F)(c1cc(Cl)nc(Cl)c1)C1C2CCOC21. The first kappa shape index (κ1) is 11.6. The predicted molar refractivity (Wildman–Crippen MR) is 59.5 cm³/mol. The summed E-state index contributed by atoms with van der Waals surface area (Å²) in [6, 6.07) is 2.34. The summed E-state index contributed by atoms with van der Waals surface area (Å²) in [6.45, 7) is 0.583. The molecule has 0 N–H and O–H groups in total. The lowest BCUT2D eigenvalue weighted by molar-refractivity contribution is -0.0572. The molecule has 0 radical (unpaired) electrons. The Bertz CT molecular complexity index is 439. The minimum atomic E-state index is -2.95. The summed E-state index contributed by atoms with van der Waals surface area (Å²) in [5.74, 6) is -3.73. The van der Waals surface area contributed by atoms with Crippen LogP contribution >= 0.6 is 23.2 Å². The van der Waals surface area contributed by atoms with Crippen LogP contribution in [0.1, 0.15) is 12.0 Å². The average Bonchev–Trinajstić information content (AvgIpc) is 2.74. The van der Waals surface area contributed by atoms with Crippen molar-refractivity contribution in [2.24, 2.45) is 11.8 Å². The second-order valence-corrected chi connectivity index (χ2v) is 5.21. The Kier molecular flexibility index (Phi) is 2.58. The van der Waals surface area contributed by atoms with E-state index in [0.717, 1.165) is 0 Å². The van der Waals surface area contributed by atoms with Gasteiger partial charge in [-0.1, -0.05) is 23.2 Å². The molecular formula is C11H9Cl2F2NO. The molecular weight excluding hydrogens is 271 g/mol. The maximum Gasteiger partial charge on any atom is 0.279 e. The van der Waals surface area contributed by atoms with E-state index < -0.39 is 11.8 Å². The number of pyridine rings is 1. The molecule has 0 bridgehead atoms. The molecule has 6 heteroatoms. The fourth-order valence-electron chi connectivity index (χ4n) is 2.58. The second-order valence-electron chi connectivity index (χ2n) is 4.44. The molecule has 3 atom stereocenters. The van der Waals surface area contributed by atoms with Gasteiger partial charge in [-0.25, -0.2) is 13.8 Å². The Morgan fingerprint density at radius 2 is 1.94 bits per heavy atom. The van der Waals surface area contributed by atoms with E-state index in [9.17, 15) is 8.78 Å². The molecule has 92 valence electrons. The van der Waals surface area contributed by atoms with Gasteiger partial charge in [-0.3, -0.25) is 0 Å². The number of ether oxygens (including phenoxy) is 1. The molecule has 0 aromatic carbocycles. The number of aromatic nitrogens is 1. The molecule has 1 saturated carbocycles. The largest absolute Gasteiger partial charge is 0.377 e. The van der Waals surface area contributed by atoms with Gasteiger partial charge in [-0.15, -0.1) is 0 Å². The van der Waals surface area contributed by atoms with Crippen LogP contribution in [0.25, 0.3) is 0 Å². The monoisotopic (exact) mass is 279 g/mol. The van der Waals surface area contributed by atoms with E-state index in [1.54, 1.807) is 0 Å². The molecule has 2 fully saturated rings. The quantitative estimate of drug-likeness (QED) is 0.773. The zero-order valence-corrected chi connectivity index (χ0v) is 10.2. The second kappa shape index (κ2) is 3.77. The Labute approximate surface area is 107 Å². The van der Waals surface area contributed by atoms with E-state index in [2.05, 4.69) is 4.98 Å². The van der Waals surface area contributed by atoms with Crippen molar-refractivity contribution in [1.82, 2.24) is 4.98 Å². The van der Waals surface area contributed by atoms with Gasteiger partial charge in [0.2, 0.25) is 0 Å². The normalized spacial score (nSPS) is 31.4. The van der Waals surface area contributed by atoms with Crippen molar-refractivity contribution < 1.29 is 13.5 Å². The first-order valence-electron chi connectivity index (χ1n) is 5.33. The first-order chi connectivity index (χ1) is 8.00. The van der Waals surface area contributed by atoms with Crippen LogP contribution in [0.15, 0.2) is 12.1 Å². The van der Waals surface area contributed by atoms with Gasteiger partial charge >= 0.3 is 0 Å². The zero-order valence-electron chi connectivity index (χ0n) is 8.67. The van der Waals surface area contributed by atoms with E-state index in [1.165, 1.54) is 12.1 Å².